The Kier molecular flexibility index (Phi) is 3.90. The molecule has 1 atom stereocenters. The largest absolute Gasteiger partial charge is 0.377 e. The van der Waals surface area contributed by atoms with Gasteiger partial charge in [0, 0.05) is 19.6 Å². The van der Waals surface area contributed by atoms with Crippen molar-refractivity contribution in [2.24, 2.45) is 5.92 Å². The van der Waals surface area contributed by atoms with E-state index in [2.05, 4.69) is 22.4 Å². The van der Waals surface area contributed by atoms with Crippen molar-refractivity contribution in [1.82, 2.24) is 15.5 Å². The van der Waals surface area contributed by atoms with E-state index in [4.69, 9.17) is 9.26 Å². The van der Waals surface area contributed by atoms with E-state index in [1.165, 1.54) is 12.8 Å². The van der Waals surface area contributed by atoms with Crippen LogP contribution in [0, 0.1) is 5.92 Å². The summed E-state index contributed by atoms with van der Waals surface area (Å²) in [5.74, 6) is 2.13. The standard InChI is InChI=1S/C11H19N3O2/c1-3-12-9(8-4-5-8)6-11-13-10(7-15-2)14-16-11/h8-9,12H,3-7H2,1-2H3. The zero-order chi connectivity index (χ0) is 11.4. The molecular weight excluding hydrogens is 206 g/mol. The highest BCUT2D eigenvalue weighted by molar-refractivity contribution is 4.94. The molecule has 1 fully saturated rings. The molecule has 0 aromatic carbocycles. The molecule has 1 aliphatic carbocycles. The maximum absolute atomic E-state index is 5.19. The highest BCUT2D eigenvalue weighted by Crippen LogP contribution is 2.33. The highest BCUT2D eigenvalue weighted by Gasteiger charge is 2.31. The molecule has 0 amide bonds. The zero-order valence-electron chi connectivity index (χ0n) is 9.90. The van der Waals surface area contributed by atoms with Gasteiger partial charge >= 0.3 is 0 Å². The van der Waals surface area contributed by atoms with Gasteiger partial charge in [-0.05, 0) is 25.3 Å². The number of rotatable bonds is 7. The summed E-state index contributed by atoms with van der Waals surface area (Å²) in [7, 11) is 1.63. The van der Waals surface area contributed by atoms with Crippen molar-refractivity contribution in [2.45, 2.75) is 38.8 Å². The van der Waals surface area contributed by atoms with Crippen molar-refractivity contribution in [3.05, 3.63) is 11.7 Å². The summed E-state index contributed by atoms with van der Waals surface area (Å²) >= 11 is 0. The first-order chi connectivity index (χ1) is 7.83. The van der Waals surface area contributed by atoms with Crippen molar-refractivity contribution in [3.63, 3.8) is 0 Å². The minimum atomic E-state index is 0.415. The van der Waals surface area contributed by atoms with Crippen molar-refractivity contribution in [2.75, 3.05) is 13.7 Å². The first-order valence-electron chi connectivity index (χ1n) is 5.87. The second-order valence-electron chi connectivity index (χ2n) is 4.24. The average Bonchev–Trinajstić information content (AvgIpc) is 3.02. The molecule has 16 heavy (non-hydrogen) atoms. The second kappa shape index (κ2) is 5.41. The topological polar surface area (TPSA) is 60.2 Å². The Morgan fingerprint density at radius 1 is 1.56 bits per heavy atom. The Balaban J connectivity index is 1.89. The van der Waals surface area contributed by atoms with Gasteiger partial charge in [-0.1, -0.05) is 12.1 Å². The molecule has 1 aromatic heterocycles. The van der Waals surface area contributed by atoms with Gasteiger partial charge in [-0.25, -0.2) is 0 Å². The number of hydrogen-bond acceptors (Lipinski definition) is 5. The van der Waals surface area contributed by atoms with Gasteiger partial charge in [-0.15, -0.1) is 0 Å². The predicted octanol–water partition coefficient (Wildman–Crippen LogP) is 1.15. The third-order valence-electron chi connectivity index (χ3n) is 2.84. The average molecular weight is 225 g/mol. The number of aromatic nitrogens is 2. The highest BCUT2D eigenvalue weighted by atomic mass is 16.5. The monoisotopic (exact) mass is 225 g/mol. The Morgan fingerprint density at radius 3 is 3.00 bits per heavy atom. The maximum atomic E-state index is 5.19. The van der Waals surface area contributed by atoms with Crippen molar-refractivity contribution >= 4 is 0 Å². The van der Waals surface area contributed by atoms with Crippen LogP contribution in [-0.2, 0) is 17.8 Å². The first-order valence-corrected chi connectivity index (χ1v) is 5.87. The van der Waals surface area contributed by atoms with Crippen LogP contribution >= 0.6 is 0 Å². The number of nitrogens with one attached hydrogen (secondary N) is 1. The third kappa shape index (κ3) is 3.02. The van der Waals surface area contributed by atoms with E-state index in [9.17, 15) is 0 Å². The molecule has 0 spiro atoms. The summed E-state index contributed by atoms with van der Waals surface area (Å²) in [4.78, 5) is 4.29. The second-order valence-corrected chi connectivity index (χ2v) is 4.24. The molecule has 0 bridgehead atoms. The molecule has 0 radical (unpaired) electrons. The normalized spacial score (nSPS) is 17.6. The lowest BCUT2D eigenvalue weighted by molar-refractivity contribution is 0.174. The summed E-state index contributed by atoms with van der Waals surface area (Å²) in [6.45, 7) is 3.53. The van der Waals surface area contributed by atoms with Crippen LogP contribution in [-0.4, -0.2) is 29.8 Å². The van der Waals surface area contributed by atoms with E-state index in [0.29, 0.717) is 24.4 Å². The van der Waals surface area contributed by atoms with Gasteiger partial charge < -0.3 is 14.6 Å². The smallest absolute Gasteiger partial charge is 0.228 e. The number of nitrogens with zero attached hydrogens (tertiary/aromatic N) is 2. The molecule has 1 N–H and O–H groups in total. The summed E-state index contributed by atoms with van der Waals surface area (Å²) in [6, 6.07) is 0.487. The molecule has 5 heteroatoms. The SMILES string of the molecule is CCNC(Cc1nc(COC)no1)C1CC1. The van der Waals surface area contributed by atoms with Crippen LogP contribution in [0.1, 0.15) is 31.5 Å². The van der Waals surface area contributed by atoms with Gasteiger partial charge in [-0.2, -0.15) is 4.98 Å². The number of likely N-dealkylation sites (N-methyl/N-ethyl adjacent to an activating group) is 1. The van der Waals surface area contributed by atoms with E-state index in [1.807, 2.05) is 0 Å². The van der Waals surface area contributed by atoms with Crippen LogP contribution in [0.4, 0.5) is 0 Å². The molecule has 1 aliphatic rings. The molecular formula is C11H19N3O2. The van der Waals surface area contributed by atoms with E-state index < -0.39 is 0 Å². The third-order valence-corrected chi connectivity index (χ3v) is 2.84. The van der Waals surface area contributed by atoms with Gasteiger partial charge in [0.1, 0.15) is 6.61 Å². The lowest BCUT2D eigenvalue weighted by Gasteiger charge is -2.14. The van der Waals surface area contributed by atoms with Crippen molar-refractivity contribution < 1.29 is 9.26 Å². The van der Waals surface area contributed by atoms with Crippen LogP contribution in [0.25, 0.3) is 0 Å². The van der Waals surface area contributed by atoms with E-state index in [1.54, 1.807) is 7.11 Å². The summed E-state index contributed by atoms with van der Waals surface area (Å²) < 4.78 is 10.1. The Morgan fingerprint density at radius 2 is 2.38 bits per heavy atom. The maximum Gasteiger partial charge on any atom is 0.228 e. The fraction of sp³-hybridized carbons (Fsp3) is 0.818. The minimum absolute atomic E-state index is 0.415. The summed E-state index contributed by atoms with van der Waals surface area (Å²) in [5.41, 5.74) is 0. The zero-order valence-corrected chi connectivity index (χ0v) is 9.90. The molecule has 0 saturated heterocycles. The first kappa shape index (κ1) is 11.5. The van der Waals surface area contributed by atoms with Crippen molar-refractivity contribution in [3.8, 4) is 0 Å². The molecule has 0 aliphatic heterocycles. The van der Waals surface area contributed by atoms with Crippen molar-refractivity contribution in [1.29, 1.82) is 0 Å². The van der Waals surface area contributed by atoms with Crippen LogP contribution in [0.2, 0.25) is 0 Å². The molecule has 1 unspecified atom stereocenters. The molecule has 2 rings (SSSR count). The minimum Gasteiger partial charge on any atom is -0.377 e. The Hall–Kier alpha value is -0.940. The van der Waals surface area contributed by atoms with Gasteiger partial charge in [0.05, 0.1) is 0 Å². The van der Waals surface area contributed by atoms with Gasteiger partial charge in [0.15, 0.2) is 5.82 Å². The number of methoxy groups -OCH3 is 1. The van der Waals surface area contributed by atoms with Gasteiger partial charge in [0.2, 0.25) is 5.89 Å². The Bertz CT molecular complexity index is 323. The number of ether oxygens (including phenoxy) is 1. The fourth-order valence-electron chi connectivity index (χ4n) is 1.92. The predicted molar refractivity (Wildman–Crippen MR) is 58.9 cm³/mol. The van der Waals surface area contributed by atoms with Crippen LogP contribution in [0.3, 0.4) is 0 Å². The quantitative estimate of drug-likeness (QED) is 0.754. The molecule has 1 saturated carbocycles. The van der Waals surface area contributed by atoms with E-state index in [-0.39, 0.29) is 0 Å². The van der Waals surface area contributed by atoms with E-state index in [0.717, 1.165) is 18.9 Å². The fourth-order valence-corrected chi connectivity index (χ4v) is 1.92. The van der Waals surface area contributed by atoms with Gasteiger partial charge in [0.25, 0.3) is 0 Å². The molecule has 5 nitrogen and oxygen atoms in total. The molecule has 1 aromatic rings. The lowest BCUT2D eigenvalue weighted by atomic mass is 10.1. The Labute approximate surface area is 95.6 Å². The van der Waals surface area contributed by atoms with Crippen LogP contribution in [0.5, 0.6) is 0 Å². The lowest BCUT2D eigenvalue weighted by Crippen LogP contribution is -2.33. The molecule has 90 valence electrons. The number of hydrogen-bond donors (Lipinski definition) is 1. The van der Waals surface area contributed by atoms with Crippen LogP contribution in [0.15, 0.2) is 4.52 Å². The summed E-state index contributed by atoms with van der Waals surface area (Å²) in [5, 5.41) is 7.34. The van der Waals surface area contributed by atoms with Gasteiger partial charge in [-0.3, -0.25) is 0 Å². The summed E-state index contributed by atoms with van der Waals surface area (Å²) in [6.07, 6.45) is 3.46. The molecule has 1 heterocycles. The van der Waals surface area contributed by atoms with E-state index >= 15 is 0 Å². The van der Waals surface area contributed by atoms with Crippen LogP contribution < -0.4 is 5.32 Å².